The maximum atomic E-state index is 12.8. The van der Waals surface area contributed by atoms with Gasteiger partial charge in [0, 0.05) is 65.8 Å². The number of carbonyl (C=O) groups excluding carboxylic acids is 2. The summed E-state index contributed by atoms with van der Waals surface area (Å²) >= 11 is 0. The first-order chi connectivity index (χ1) is 17.6. The molecule has 1 atom stereocenters. The van der Waals surface area contributed by atoms with Crippen molar-refractivity contribution in [3.63, 3.8) is 0 Å². The van der Waals surface area contributed by atoms with Crippen molar-refractivity contribution in [3.05, 3.63) is 102 Å². The van der Waals surface area contributed by atoms with Gasteiger partial charge in [0.25, 0.3) is 5.91 Å². The number of benzene rings is 3. The lowest BCUT2D eigenvalue weighted by Gasteiger charge is -2.19. The maximum absolute atomic E-state index is 12.8. The zero-order valence-electron chi connectivity index (χ0n) is 20.1. The van der Waals surface area contributed by atoms with Crippen LogP contribution in [-0.2, 0) is 11.3 Å². The second-order valence-electron chi connectivity index (χ2n) is 8.99. The lowest BCUT2D eigenvalue weighted by molar-refractivity contribution is 0.0600. The molecule has 2 N–H and O–H groups in total. The Hall–Kier alpha value is -4.23. The lowest BCUT2D eigenvalue weighted by atomic mass is 10.1. The number of aromatic nitrogens is 1. The summed E-state index contributed by atoms with van der Waals surface area (Å²) in [6, 6.07) is 23.1. The van der Waals surface area contributed by atoms with Gasteiger partial charge in [0.1, 0.15) is 0 Å². The number of nitrogens with zero attached hydrogens (tertiary/aromatic N) is 2. The predicted molar refractivity (Wildman–Crippen MR) is 141 cm³/mol. The van der Waals surface area contributed by atoms with Gasteiger partial charge in [-0.1, -0.05) is 30.3 Å². The average Bonchev–Trinajstić information content (AvgIpc) is 3.35. The fourth-order valence-electron chi connectivity index (χ4n) is 4.68. The van der Waals surface area contributed by atoms with Gasteiger partial charge in [-0.25, -0.2) is 4.79 Å². The molecule has 2 heterocycles. The van der Waals surface area contributed by atoms with Crippen LogP contribution in [0.25, 0.3) is 10.8 Å². The van der Waals surface area contributed by atoms with E-state index < -0.39 is 5.97 Å². The Kier molecular flexibility index (Phi) is 6.91. The van der Waals surface area contributed by atoms with E-state index >= 15 is 0 Å². The molecular formula is C29H28N4O3. The summed E-state index contributed by atoms with van der Waals surface area (Å²) in [6.45, 7) is 2.75. The number of ether oxygens (including phenoxy) is 1. The van der Waals surface area contributed by atoms with Gasteiger partial charge in [-0.2, -0.15) is 0 Å². The van der Waals surface area contributed by atoms with E-state index in [1.54, 1.807) is 18.2 Å². The molecule has 1 fully saturated rings. The molecule has 1 aromatic heterocycles. The summed E-state index contributed by atoms with van der Waals surface area (Å²) in [5.74, 6) is -0.740. The van der Waals surface area contributed by atoms with Crippen molar-refractivity contribution in [1.29, 1.82) is 0 Å². The summed E-state index contributed by atoms with van der Waals surface area (Å²) in [4.78, 5) is 31.2. The molecule has 1 aliphatic rings. The van der Waals surface area contributed by atoms with Crippen molar-refractivity contribution >= 4 is 34.0 Å². The molecule has 4 aromatic rings. The number of anilines is 2. The largest absolute Gasteiger partial charge is 0.465 e. The Balaban J connectivity index is 1.20. The molecule has 1 aliphatic heterocycles. The number of rotatable bonds is 7. The average molecular weight is 481 g/mol. The van der Waals surface area contributed by atoms with Gasteiger partial charge in [0.05, 0.1) is 12.7 Å². The summed E-state index contributed by atoms with van der Waals surface area (Å²) in [5, 5.41) is 8.97. The molecule has 5 rings (SSSR count). The predicted octanol–water partition coefficient (Wildman–Crippen LogP) is 4.96. The summed E-state index contributed by atoms with van der Waals surface area (Å²) in [7, 11) is 1.32. The summed E-state index contributed by atoms with van der Waals surface area (Å²) in [6.07, 6.45) is 4.79. The third kappa shape index (κ3) is 5.37. The van der Waals surface area contributed by atoms with E-state index in [0.29, 0.717) is 17.2 Å². The molecular weight excluding hydrogens is 452 g/mol. The van der Waals surface area contributed by atoms with Crippen molar-refractivity contribution in [1.82, 2.24) is 9.88 Å². The molecule has 7 heteroatoms. The quantitative estimate of drug-likeness (QED) is 0.364. The van der Waals surface area contributed by atoms with Gasteiger partial charge in [-0.05, 0) is 54.4 Å². The number of carbonyl (C=O) groups is 2. The van der Waals surface area contributed by atoms with Crippen LogP contribution in [0.5, 0.6) is 0 Å². The highest BCUT2D eigenvalue weighted by Gasteiger charge is 2.23. The van der Waals surface area contributed by atoms with Crippen LogP contribution in [0.4, 0.5) is 11.4 Å². The zero-order chi connectivity index (χ0) is 24.9. The van der Waals surface area contributed by atoms with Crippen LogP contribution in [0, 0.1) is 0 Å². The first-order valence-electron chi connectivity index (χ1n) is 12.0. The van der Waals surface area contributed by atoms with Crippen molar-refractivity contribution in [2.45, 2.75) is 19.0 Å². The number of esters is 1. The van der Waals surface area contributed by atoms with Crippen LogP contribution in [0.15, 0.2) is 85.2 Å². The number of fused-ring (bicyclic) bond motifs is 1. The molecule has 182 valence electrons. The highest BCUT2D eigenvalue weighted by molar-refractivity contribution is 6.05. The van der Waals surface area contributed by atoms with E-state index in [1.165, 1.54) is 18.6 Å². The molecule has 0 spiro atoms. The Morgan fingerprint density at radius 1 is 1.03 bits per heavy atom. The third-order valence-electron chi connectivity index (χ3n) is 6.45. The second-order valence-corrected chi connectivity index (χ2v) is 8.99. The molecule has 1 amide bonds. The second kappa shape index (κ2) is 10.6. The first kappa shape index (κ1) is 23.5. The van der Waals surface area contributed by atoms with Gasteiger partial charge in [-0.3, -0.25) is 14.7 Å². The maximum Gasteiger partial charge on any atom is 0.337 e. The number of pyridine rings is 1. The normalized spacial score (nSPS) is 15.5. The SMILES string of the molecule is COC(=O)c1cccc(C(=O)Nc2cccc(CN3CCC(Nc4cccc5cnccc45)C3)c2)c1. The Bertz CT molecular complexity index is 1400. The van der Waals surface area contributed by atoms with Crippen LogP contribution in [0.1, 0.15) is 32.7 Å². The van der Waals surface area contributed by atoms with Crippen molar-refractivity contribution in [2.75, 3.05) is 30.8 Å². The number of nitrogens with one attached hydrogen (secondary N) is 2. The number of hydrogen-bond donors (Lipinski definition) is 2. The fraction of sp³-hybridized carbons (Fsp3) is 0.207. The van der Waals surface area contributed by atoms with Gasteiger partial charge < -0.3 is 15.4 Å². The molecule has 3 aromatic carbocycles. The smallest absolute Gasteiger partial charge is 0.337 e. The van der Waals surface area contributed by atoms with E-state index in [9.17, 15) is 9.59 Å². The van der Waals surface area contributed by atoms with Gasteiger partial charge in [0.2, 0.25) is 0 Å². The van der Waals surface area contributed by atoms with Crippen molar-refractivity contribution < 1.29 is 14.3 Å². The Morgan fingerprint density at radius 3 is 2.75 bits per heavy atom. The Labute approximate surface area is 210 Å². The van der Waals surface area contributed by atoms with E-state index in [0.717, 1.165) is 48.4 Å². The molecule has 36 heavy (non-hydrogen) atoms. The third-order valence-corrected chi connectivity index (χ3v) is 6.45. The van der Waals surface area contributed by atoms with Crippen LogP contribution >= 0.6 is 0 Å². The van der Waals surface area contributed by atoms with Crippen LogP contribution in [-0.4, -0.2) is 48.0 Å². The van der Waals surface area contributed by atoms with E-state index in [2.05, 4.69) is 50.8 Å². The van der Waals surface area contributed by atoms with Gasteiger partial charge in [0.15, 0.2) is 0 Å². The minimum atomic E-state index is -0.470. The van der Waals surface area contributed by atoms with Crippen molar-refractivity contribution in [3.8, 4) is 0 Å². The van der Waals surface area contributed by atoms with Gasteiger partial charge in [-0.15, -0.1) is 0 Å². The van der Waals surface area contributed by atoms with Crippen LogP contribution in [0.3, 0.4) is 0 Å². The van der Waals surface area contributed by atoms with Crippen LogP contribution in [0.2, 0.25) is 0 Å². The first-order valence-corrected chi connectivity index (χ1v) is 12.0. The molecule has 7 nitrogen and oxygen atoms in total. The zero-order valence-corrected chi connectivity index (χ0v) is 20.1. The number of methoxy groups -OCH3 is 1. The molecule has 0 aliphatic carbocycles. The summed E-state index contributed by atoms with van der Waals surface area (Å²) in [5.41, 5.74) is 3.74. The summed E-state index contributed by atoms with van der Waals surface area (Å²) < 4.78 is 4.75. The number of amides is 1. The molecule has 1 saturated heterocycles. The van der Waals surface area contributed by atoms with Crippen molar-refractivity contribution in [2.24, 2.45) is 0 Å². The molecule has 0 bridgehead atoms. The highest BCUT2D eigenvalue weighted by atomic mass is 16.5. The lowest BCUT2D eigenvalue weighted by Crippen LogP contribution is -2.26. The van der Waals surface area contributed by atoms with E-state index in [-0.39, 0.29) is 5.91 Å². The molecule has 0 saturated carbocycles. The monoisotopic (exact) mass is 480 g/mol. The van der Waals surface area contributed by atoms with E-state index in [1.807, 2.05) is 30.6 Å². The number of likely N-dealkylation sites (tertiary alicyclic amines) is 1. The van der Waals surface area contributed by atoms with Gasteiger partial charge >= 0.3 is 5.97 Å². The topological polar surface area (TPSA) is 83.6 Å². The molecule has 1 unspecified atom stereocenters. The minimum Gasteiger partial charge on any atom is -0.465 e. The van der Waals surface area contributed by atoms with Crippen LogP contribution < -0.4 is 10.6 Å². The molecule has 0 radical (unpaired) electrons. The number of hydrogen-bond acceptors (Lipinski definition) is 6. The fourth-order valence-corrected chi connectivity index (χ4v) is 4.68. The Morgan fingerprint density at radius 2 is 1.86 bits per heavy atom. The minimum absolute atomic E-state index is 0.270. The highest BCUT2D eigenvalue weighted by Crippen LogP contribution is 2.25. The van der Waals surface area contributed by atoms with E-state index in [4.69, 9.17) is 4.74 Å². The standard InChI is InChI=1S/C29H28N4O3/c1-36-29(35)22-7-3-6-21(16-22)28(34)32-24-9-2-5-20(15-24)18-33-14-12-25(19-33)31-27-10-4-8-23-17-30-13-11-26(23)27/h2-11,13,15-17,25,31H,12,14,18-19H2,1H3,(H,32,34).